The van der Waals surface area contributed by atoms with Gasteiger partial charge >= 0.3 is 5.97 Å². The smallest absolute Gasteiger partial charge is 0.325 e. The number of nitrogens with zero attached hydrogens (tertiary/aromatic N) is 1. The van der Waals surface area contributed by atoms with E-state index in [-0.39, 0.29) is 0 Å². The van der Waals surface area contributed by atoms with E-state index in [0.717, 1.165) is 16.8 Å². The lowest BCUT2D eigenvalue weighted by molar-refractivity contribution is -0.138. The predicted octanol–water partition coefficient (Wildman–Crippen LogP) is 1.09. The average Bonchev–Trinajstić information content (AvgIpc) is 2.13. The summed E-state index contributed by atoms with van der Waals surface area (Å²) in [6.45, 7) is 5.66. The maximum absolute atomic E-state index is 10.7. The van der Waals surface area contributed by atoms with Crippen molar-refractivity contribution < 1.29 is 9.90 Å². The van der Waals surface area contributed by atoms with Crippen molar-refractivity contribution in [3.63, 3.8) is 0 Å². The molecule has 0 fully saturated rings. The van der Waals surface area contributed by atoms with Crippen LogP contribution in [0.2, 0.25) is 0 Å². The van der Waals surface area contributed by atoms with Gasteiger partial charge in [0, 0.05) is 17.5 Å². The normalized spacial score (nSPS) is 12.6. The summed E-state index contributed by atoms with van der Waals surface area (Å²) in [4.78, 5) is 14.8. The minimum Gasteiger partial charge on any atom is -0.480 e. The summed E-state index contributed by atoms with van der Waals surface area (Å²) < 4.78 is 0. The van der Waals surface area contributed by atoms with Crippen LogP contribution in [0, 0.1) is 20.8 Å². The molecule has 14 heavy (non-hydrogen) atoms. The Bertz CT molecular complexity index is 375. The standard InChI is InChI=1S/C10H14N2O2/c1-5-6(2)8(4-12-7(5)3)9(11)10(13)14/h4,9H,11H2,1-3H3,(H,13,14). The summed E-state index contributed by atoms with van der Waals surface area (Å²) in [5.74, 6) is -1.03. The Morgan fingerprint density at radius 1 is 1.43 bits per heavy atom. The molecule has 0 bridgehead atoms. The fourth-order valence-corrected chi connectivity index (χ4v) is 1.29. The summed E-state index contributed by atoms with van der Waals surface area (Å²) in [6.07, 6.45) is 1.54. The molecule has 0 amide bonds. The first-order valence-electron chi connectivity index (χ1n) is 4.36. The van der Waals surface area contributed by atoms with Gasteiger partial charge in [-0.15, -0.1) is 0 Å². The van der Waals surface area contributed by atoms with Gasteiger partial charge in [0.05, 0.1) is 0 Å². The van der Waals surface area contributed by atoms with Gasteiger partial charge in [0.25, 0.3) is 0 Å². The van der Waals surface area contributed by atoms with Gasteiger partial charge in [-0.25, -0.2) is 0 Å². The topological polar surface area (TPSA) is 76.2 Å². The number of rotatable bonds is 2. The second-order valence-electron chi connectivity index (χ2n) is 3.36. The summed E-state index contributed by atoms with van der Waals surface area (Å²) in [5.41, 5.74) is 8.92. The number of carboxylic acids is 1. The Morgan fingerprint density at radius 3 is 2.50 bits per heavy atom. The van der Waals surface area contributed by atoms with Gasteiger partial charge in [0.15, 0.2) is 0 Å². The molecule has 0 saturated carbocycles. The molecule has 0 aliphatic rings. The van der Waals surface area contributed by atoms with E-state index >= 15 is 0 Å². The van der Waals surface area contributed by atoms with Crippen LogP contribution < -0.4 is 5.73 Å². The van der Waals surface area contributed by atoms with Gasteiger partial charge < -0.3 is 10.8 Å². The van der Waals surface area contributed by atoms with Gasteiger partial charge in [0.2, 0.25) is 0 Å². The van der Waals surface area contributed by atoms with Gasteiger partial charge in [-0.1, -0.05) is 0 Å². The quantitative estimate of drug-likeness (QED) is 0.738. The molecule has 4 nitrogen and oxygen atoms in total. The van der Waals surface area contributed by atoms with Crippen LogP contribution in [0.15, 0.2) is 6.20 Å². The zero-order valence-electron chi connectivity index (χ0n) is 8.53. The highest BCUT2D eigenvalue weighted by atomic mass is 16.4. The van der Waals surface area contributed by atoms with E-state index in [1.165, 1.54) is 6.20 Å². The largest absolute Gasteiger partial charge is 0.480 e. The van der Waals surface area contributed by atoms with Crippen LogP contribution in [0.5, 0.6) is 0 Å². The van der Waals surface area contributed by atoms with E-state index in [4.69, 9.17) is 10.8 Å². The van der Waals surface area contributed by atoms with Gasteiger partial charge in [-0.05, 0) is 31.9 Å². The van der Waals surface area contributed by atoms with Crippen LogP contribution in [0.4, 0.5) is 0 Å². The molecule has 1 rings (SSSR count). The average molecular weight is 194 g/mol. The van der Waals surface area contributed by atoms with Crippen molar-refractivity contribution >= 4 is 5.97 Å². The van der Waals surface area contributed by atoms with Crippen LogP contribution >= 0.6 is 0 Å². The molecule has 0 spiro atoms. The van der Waals surface area contributed by atoms with E-state index in [9.17, 15) is 4.79 Å². The second-order valence-corrected chi connectivity index (χ2v) is 3.36. The Labute approximate surface area is 82.8 Å². The van der Waals surface area contributed by atoms with E-state index in [1.54, 1.807) is 0 Å². The number of carbonyl (C=O) groups is 1. The molecule has 3 N–H and O–H groups in total. The third-order valence-electron chi connectivity index (χ3n) is 2.54. The number of hydrogen-bond donors (Lipinski definition) is 2. The fourth-order valence-electron chi connectivity index (χ4n) is 1.29. The van der Waals surface area contributed by atoms with Crippen LogP contribution in [0.25, 0.3) is 0 Å². The number of hydrogen-bond acceptors (Lipinski definition) is 3. The highest BCUT2D eigenvalue weighted by Crippen LogP contribution is 2.19. The molecule has 1 unspecified atom stereocenters. The van der Waals surface area contributed by atoms with Crippen molar-refractivity contribution in [2.45, 2.75) is 26.8 Å². The Balaban J connectivity index is 3.24. The number of aryl methyl sites for hydroxylation is 1. The minimum atomic E-state index is -1.03. The molecule has 0 aliphatic heterocycles. The second kappa shape index (κ2) is 3.75. The molecule has 4 heteroatoms. The first-order chi connectivity index (χ1) is 6.45. The number of aromatic nitrogens is 1. The highest BCUT2D eigenvalue weighted by molar-refractivity contribution is 5.75. The number of carboxylic acid groups (broad SMARTS) is 1. The predicted molar refractivity (Wildman–Crippen MR) is 53.0 cm³/mol. The van der Waals surface area contributed by atoms with Gasteiger partial charge in [-0.3, -0.25) is 9.78 Å². The molecule has 1 atom stereocenters. The minimum absolute atomic E-state index is 0.584. The number of aliphatic carboxylic acids is 1. The van der Waals surface area contributed by atoms with Crippen molar-refractivity contribution in [1.29, 1.82) is 0 Å². The van der Waals surface area contributed by atoms with Crippen molar-refractivity contribution in [2.24, 2.45) is 5.73 Å². The highest BCUT2D eigenvalue weighted by Gasteiger charge is 2.18. The molecule has 1 aromatic heterocycles. The molecule has 1 aromatic rings. The summed E-state index contributed by atoms with van der Waals surface area (Å²) >= 11 is 0. The monoisotopic (exact) mass is 194 g/mol. The molecular formula is C10H14N2O2. The van der Waals surface area contributed by atoms with Gasteiger partial charge in [-0.2, -0.15) is 0 Å². The first kappa shape index (κ1) is 10.7. The molecule has 1 heterocycles. The summed E-state index contributed by atoms with van der Waals surface area (Å²) in [5, 5.41) is 8.77. The number of nitrogens with two attached hydrogens (primary N) is 1. The van der Waals surface area contributed by atoms with Crippen molar-refractivity contribution in [2.75, 3.05) is 0 Å². The molecule has 0 aliphatic carbocycles. The van der Waals surface area contributed by atoms with Crippen LogP contribution in [0.3, 0.4) is 0 Å². The first-order valence-corrected chi connectivity index (χ1v) is 4.36. The van der Waals surface area contributed by atoms with E-state index < -0.39 is 12.0 Å². The molecule has 0 aromatic carbocycles. The van der Waals surface area contributed by atoms with Gasteiger partial charge in [0.1, 0.15) is 6.04 Å². The lowest BCUT2D eigenvalue weighted by Crippen LogP contribution is -2.22. The Morgan fingerprint density at radius 2 is 2.00 bits per heavy atom. The van der Waals surface area contributed by atoms with Crippen LogP contribution in [0.1, 0.15) is 28.4 Å². The molecule has 76 valence electrons. The van der Waals surface area contributed by atoms with Crippen LogP contribution in [-0.2, 0) is 4.79 Å². The van der Waals surface area contributed by atoms with Crippen molar-refractivity contribution in [3.8, 4) is 0 Å². The zero-order valence-corrected chi connectivity index (χ0v) is 8.53. The van der Waals surface area contributed by atoms with E-state index in [2.05, 4.69) is 4.98 Å². The van der Waals surface area contributed by atoms with Crippen LogP contribution in [-0.4, -0.2) is 16.1 Å². The SMILES string of the molecule is Cc1ncc(C(N)C(=O)O)c(C)c1C. The Kier molecular flexibility index (Phi) is 2.86. The Hall–Kier alpha value is -1.42. The maximum atomic E-state index is 10.7. The lowest BCUT2D eigenvalue weighted by atomic mass is 9.99. The summed E-state index contributed by atoms with van der Waals surface area (Å²) in [6, 6.07) is -0.984. The third-order valence-corrected chi connectivity index (χ3v) is 2.54. The molecular weight excluding hydrogens is 180 g/mol. The number of pyridine rings is 1. The summed E-state index contributed by atoms with van der Waals surface area (Å²) in [7, 11) is 0. The zero-order chi connectivity index (χ0) is 10.9. The van der Waals surface area contributed by atoms with Crippen molar-refractivity contribution in [1.82, 2.24) is 4.98 Å². The molecule has 0 saturated heterocycles. The fraction of sp³-hybridized carbons (Fsp3) is 0.400. The molecule has 0 radical (unpaired) electrons. The van der Waals surface area contributed by atoms with E-state index in [0.29, 0.717) is 5.56 Å². The van der Waals surface area contributed by atoms with Crippen molar-refractivity contribution in [3.05, 3.63) is 28.6 Å². The lowest BCUT2D eigenvalue weighted by Gasteiger charge is -2.13. The maximum Gasteiger partial charge on any atom is 0.325 e. The third kappa shape index (κ3) is 1.75. The van der Waals surface area contributed by atoms with E-state index in [1.807, 2.05) is 20.8 Å².